The van der Waals surface area contributed by atoms with E-state index in [4.69, 9.17) is 32.2 Å². The van der Waals surface area contributed by atoms with Gasteiger partial charge in [0.2, 0.25) is 0 Å². The van der Waals surface area contributed by atoms with Crippen LogP contribution in [0.3, 0.4) is 0 Å². The topological polar surface area (TPSA) is 35.5 Å². The van der Waals surface area contributed by atoms with Gasteiger partial charge in [-0.1, -0.05) is 61.7 Å². The molecule has 0 N–H and O–H groups in total. The van der Waals surface area contributed by atoms with Crippen molar-refractivity contribution in [1.82, 2.24) is 0 Å². The lowest BCUT2D eigenvalue weighted by Crippen LogP contribution is -2.19. The summed E-state index contributed by atoms with van der Waals surface area (Å²) in [5.74, 6) is 1.26. The van der Waals surface area contributed by atoms with Crippen molar-refractivity contribution >= 4 is 30.8 Å². The second-order valence-electron chi connectivity index (χ2n) is 5.69. The number of halogens is 2. The molecule has 116 valence electrons. The van der Waals surface area contributed by atoms with E-state index in [0.29, 0.717) is 0 Å². The smallest absolute Gasteiger partial charge is 0.302 e. The zero-order valence-electron chi connectivity index (χ0n) is 11.7. The molecule has 2 aliphatic carbocycles. The van der Waals surface area contributed by atoms with Crippen molar-refractivity contribution in [3.05, 3.63) is 10.3 Å². The minimum absolute atomic E-state index is 0.00195. The van der Waals surface area contributed by atoms with Crippen molar-refractivity contribution in [1.29, 1.82) is 0 Å². The van der Waals surface area contributed by atoms with Crippen LogP contribution in [0.4, 0.5) is 0 Å². The van der Waals surface area contributed by atoms with Crippen LogP contribution >= 0.6 is 30.8 Å². The molecule has 2 saturated carbocycles. The van der Waals surface area contributed by atoms with Gasteiger partial charge in [0.1, 0.15) is 4.49 Å². The minimum atomic E-state index is -3.34. The molecule has 0 aromatic rings. The second-order valence-corrected chi connectivity index (χ2v) is 8.46. The molecule has 0 spiro atoms. The first-order chi connectivity index (χ1) is 9.57. The Bertz CT molecular complexity index is 347. The molecular formula is C14H23Cl2O3P. The van der Waals surface area contributed by atoms with Crippen molar-refractivity contribution in [2.24, 2.45) is 0 Å². The Morgan fingerprint density at radius 2 is 1.25 bits per heavy atom. The fourth-order valence-electron chi connectivity index (χ4n) is 2.96. The quantitative estimate of drug-likeness (QED) is 0.562. The summed E-state index contributed by atoms with van der Waals surface area (Å²) in [6, 6.07) is 0. The molecule has 2 fully saturated rings. The van der Waals surface area contributed by atoms with Crippen molar-refractivity contribution in [2.75, 3.05) is 0 Å². The van der Waals surface area contributed by atoms with Crippen molar-refractivity contribution < 1.29 is 13.6 Å². The molecule has 0 aromatic heterocycles. The van der Waals surface area contributed by atoms with Crippen LogP contribution in [0.1, 0.15) is 64.2 Å². The monoisotopic (exact) mass is 340 g/mol. The SMILES string of the molecule is O=P(C=C(Cl)Cl)(OC1CCCCC1)OC1CCCCC1. The van der Waals surface area contributed by atoms with Crippen LogP contribution in [0, 0.1) is 0 Å². The Labute approximate surface area is 131 Å². The van der Waals surface area contributed by atoms with E-state index in [2.05, 4.69) is 0 Å². The van der Waals surface area contributed by atoms with Crippen LogP contribution in [0.5, 0.6) is 0 Å². The molecule has 0 unspecified atom stereocenters. The third-order valence-corrected chi connectivity index (χ3v) is 6.23. The van der Waals surface area contributed by atoms with Crippen LogP contribution in [0.15, 0.2) is 10.3 Å². The van der Waals surface area contributed by atoms with Crippen molar-refractivity contribution in [2.45, 2.75) is 76.4 Å². The molecule has 0 aromatic carbocycles. The van der Waals surface area contributed by atoms with Gasteiger partial charge in [-0.2, -0.15) is 0 Å². The molecule has 20 heavy (non-hydrogen) atoms. The molecule has 0 heterocycles. The summed E-state index contributed by atoms with van der Waals surface area (Å²) in [5, 5.41) is 0. The van der Waals surface area contributed by atoms with E-state index in [-0.39, 0.29) is 16.7 Å². The van der Waals surface area contributed by atoms with Gasteiger partial charge in [0.15, 0.2) is 0 Å². The van der Waals surface area contributed by atoms with Gasteiger partial charge in [-0.15, -0.1) is 0 Å². The molecule has 0 radical (unpaired) electrons. The van der Waals surface area contributed by atoms with E-state index < -0.39 is 7.60 Å². The van der Waals surface area contributed by atoms with Gasteiger partial charge in [0.05, 0.1) is 18.0 Å². The lowest BCUT2D eigenvalue weighted by atomic mass is 9.98. The predicted molar refractivity (Wildman–Crippen MR) is 83.3 cm³/mol. The maximum Gasteiger partial charge on any atom is 0.357 e. The first kappa shape index (κ1) is 16.8. The van der Waals surface area contributed by atoms with E-state index in [9.17, 15) is 4.57 Å². The first-order valence-corrected chi connectivity index (χ1v) is 9.94. The van der Waals surface area contributed by atoms with Crippen LogP contribution in [0.2, 0.25) is 0 Å². The molecule has 0 bridgehead atoms. The number of hydrogen-bond acceptors (Lipinski definition) is 3. The van der Waals surface area contributed by atoms with Gasteiger partial charge in [-0.3, -0.25) is 4.57 Å². The molecule has 0 atom stereocenters. The van der Waals surface area contributed by atoms with Crippen LogP contribution < -0.4 is 0 Å². The minimum Gasteiger partial charge on any atom is -0.302 e. The Morgan fingerprint density at radius 3 is 1.60 bits per heavy atom. The zero-order valence-corrected chi connectivity index (χ0v) is 14.1. The van der Waals surface area contributed by atoms with Crippen molar-refractivity contribution in [3.63, 3.8) is 0 Å². The predicted octanol–water partition coefficient (Wildman–Crippen LogP) is 6.15. The average molecular weight is 341 g/mol. The highest BCUT2D eigenvalue weighted by atomic mass is 35.5. The lowest BCUT2D eigenvalue weighted by molar-refractivity contribution is 0.0839. The van der Waals surface area contributed by atoms with Gasteiger partial charge in [-0.05, 0) is 25.7 Å². The van der Waals surface area contributed by atoms with E-state index in [1.807, 2.05) is 0 Å². The third-order valence-electron chi connectivity index (χ3n) is 3.95. The normalized spacial score (nSPS) is 22.7. The Morgan fingerprint density at radius 1 is 0.850 bits per heavy atom. The summed E-state index contributed by atoms with van der Waals surface area (Å²) < 4.78 is 24.4. The van der Waals surface area contributed by atoms with Crippen LogP contribution in [-0.4, -0.2) is 12.2 Å². The molecule has 0 amide bonds. The summed E-state index contributed by atoms with van der Waals surface area (Å²) in [6.45, 7) is 0. The van der Waals surface area contributed by atoms with E-state index in [0.717, 1.165) is 51.4 Å². The van der Waals surface area contributed by atoms with Gasteiger partial charge < -0.3 is 9.05 Å². The largest absolute Gasteiger partial charge is 0.357 e. The number of hydrogen-bond donors (Lipinski definition) is 0. The zero-order chi connectivity index (χ0) is 14.4. The maximum absolute atomic E-state index is 12.9. The second kappa shape index (κ2) is 8.19. The van der Waals surface area contributed by atoms with E-state index in [1.165, 1.54) is 18.7 Å². The van der Waals surface area contributed by atoms with E-state index in [1.54, 1.807) is 0 Å². The maximum atomic E-state index is 12.9. The summed E-state index contributed by atoms with van der Waals surface area (Å²) in [6.07, 6.45) is 10.7. The molecule has 2 rings (SSSR count). The molecule has 0 saturated heterocycles. The summed E-state index contributed by atoms with van der Waals surface area (Å²) in [7, 11) is -3.34. The summed E-state index contributed by atoms with van der Waals surface area (Å²) in [4.78, 5) is 0. The van der Waals surface area contributed by atoms with Crippen molar-refractivity contribution in [3.8, 4) is 0 Å². The molecule has 2 aliphatic rings. The fraction of sp³-hybridized carbons (Fsp3) is 0.857. The highest BCUT2D eigenvalue weighted by molar-refractivity contribution is 7.57. The van der Waals surface area contributed by atoms with Gasteiger partial charge >= 0.3 is 7.60 Å². The summed E-state index contributed by atoms with van der Waals surface area (Å²) >= 11 is 11.4. The highest BCUT2D eigenvalue weighted by Crippen LogP contribution is 2.56. The number of rotatable bonds is 5. The third kappa shape index (κ3) is 5.69. The molecule has 0 aliphatic heterocycles. The highest BCUT2D eigenvalue weighted by Gasteiger charge is 2.32. The lowest BCUT2D eigenvalue weighted by Gasteiger charge is -2.29. The van der Waals surface area contributed by atoms with Gasteiger partial charge in [0, 0.05) is 0 Å². The fourth-order valence-corrected chi connectivity index (χ4v) is 5.34. The standard InChI is InChI=1S/C14H23Cl2O3P/c15-14(16)11-20(17,18-12-7-3-1-4-8-12)19-13-9-5-2-6-10-13/h11-13H,1-10H2. The van der Waals surface area contributed by atoms with Crippen LogP contribution in [0.25, 0.3) is 0 Å². The Hall–Kier alpha value is 0.470. The average Bonchev–Trinajstić information content (AvgIpc) is 2.39. The molecular weight excluding hydrogens is 318 g/mol. The molecule has 6 heteroatoms. The van der Waals surface area contributed by atoms with Crippen LogP contribution in [-0.2, 0) is 13.6 Å². The Balaban J connectivity index is 1.99. The first-order valence-electron chi connectivity index (χ1n) is 7.58. The summed E-state index contributed by atoms with van der Waals surface area (Å²) in [5.41, 5.74) is 0. The van der Waals surface area contributed by atoms with Gasteiger partial charge in [-0.25, -0.2) is 0 Å². The van der Waals surface area contributed by atoms with Gasteiger partial charge in [0.25, 0.3) is 0 Å². The van der Waals surface area contributed by atoms with E-state index >= 15 is 0 Å². The molecule has 3 nitrogen and oxygen atoms in total. The Kier molecular flexibility index (Phi) is 6.90.